The molecule has 0 fully saturated rings. The summed E-state index contributed by atoms with van der Waals surface area (Å²) in [7, 11) is 0. The quantitative estimate of drug-likeness (QED) is 0.200. The summed E-state index contributed by atoms with van der Waals surface area (Å²) in [6.45, 7) is 0. The van der Waals surface area contributed by atoms with Crippen molar-refractivity contribution >= 4 is 33.1 Å². The van der Waals surface area contributed by atoms with E-state index in [1.54, 1.807) is 0 Å². The van der Waals surface area contributed by atoms with E-state index < -0.39 is 5.41 Å². The summed E-state index contributed by atoms with van der Waals surface area (Å²) in [5, 5.41) is 5.33. The predicted octanol–water partition coefficient (Wildman–Crippen LogP) is 10.8. The molecule has 1 aliphatic carbocycles. The van der Waals surface area contributed by atoms with Crippen molar-refractivity contribution in [1.29, 1.82) is 0 Å². The Morgan fingerprint density at radius 2 is 1.05 bits per heavy atom. The van der Waals surface area contributed by atoms with Crippen molar-refractivity contribution in [2.75, 3.05) is 0 Å². The maximum absolute atomic E-state index is 7.03. The zero-order valence-corrected chi connectivity index (χ0v) is 22.8. The van der Waals surface area contributed by atoms with Crippen LogP contribution in [0, 0.1) is 0 Å². The zero-order chi connectivity index (χ0) is 27.1. The van der Waals surface area contributed by atoms with Crippen molar-refractivity contribution < 1.29 is 4.74 Å². The minimum Gasteiger partial charge on any atom is -0.455 e. The van der Waals surface area contributed by atoms with Gasteiger partial charge in [-0.1, -0.05) is 133 Å². The van der Waals surface area contributed by atoms with Gasteiger partial charge in [-0.15, -0.1) is 0 Å². The summed E-state index contributed by atoms with van der Waals surface area (Å²) in [6, 6.07) is 50.0. The van der Waals surface area contributed by atoms with Gasteiger partial charge in [0.25, 0.3) is 0 Å². The molecule has 7 aromatic rings. The number of ether oxygens (including phenoxy) is 1. The third-order valence-electron chi connectivity index (χ3n) is 8.97. The van der Waals surface area contributed by atoms with Crippen LogP contribution in [0.25, 0.3) is 43.8 Å². The average molecular weight is 543 g/mol. The van der Waals surface area contributed by atoms with E-state index in [9.17, 15) is 0 Å². The highest BCUT2D eigenvalue weighted by Gasteiger charge is 2.51. The van der Waals surface area contributed by atoms with E-state index in [0.29, 0.717) is 0 Å². The highest BCUT2D eigenvalue weighted by molar-refractivity contribution is 6.30. The molecule has 0 N–H and O–H groups in total. The van der Waals surface area contributed by atoms with Crippen LogP contribution in [0.2, 0.25) is 5.02 Å². The Hall–Kier alpha value is -4.85. The van der Waals surface area contributed by atoms with Gasteiger partial charge in [-0.05, 0) is 62.4 Å². The van der Waals surface area contributed by atoms with Crippen LogP contribution < -0.4 is 4.74 Å². The standard InChI is InChI=1S/C39H23ClO/c40-28-11-7-10-26(22-28)27-16-19-32-31-14-5-6-15-33(31)39(36(32)23-27)34-20-17-24-8-1-3-12-29(24)37(34)41-38-30-13-4-2-9-25(30)18-21-35(38)39/h1-23H. The molecule has 192 valence electrons. The molecule has 0 saturated carbocycles. The van der Waals surface area contributed by atoms with Gasteiger partial charge in [0.1, 0.15) is 11.5 Å². The fourth-order valence-electron chi connectivity index (χ4n) is 7.25. The first-order chi connectivity index (χ1) is 20.2. The molecule has 7 aromatic carbocycles. The fourth-order valence-corrected chi connectivity index (χ4v) is 7.44. The Balaban J connectivity index is 1.48. The molecule has 2 heteroatoms. The van der Waals surface area contributed by atoms with Crippen LogP contribution in [0.5, 0.6) is 11.5 Å². The Bertz CT molecular complexity index is 2120. The lowest BCUT2D eigenvalue weighted by Gasteiger charge is -2.40. The normalized spacial score (nSPS) is 13.9. The van der Waals surface area contributed by atoms with Gasteiger partial charge in [-0.2, -0.15) is 0 Å². The molecule has 0 saturated heterocycles. The molecule has 9 rings (SSSR count). The molecular weight excluding hydrogens is 520 g/mol. The molecular formula is C39H23ClO. The fraction of sp³-hybridized carbons (Fsp3) is 0.0256. The van der Waals surface area contributed by atoms with Crippen molar-refractivity contribution in [1.82, 2.24) is 0 Å². The van der Waals surface area contributed by atoms with Gasteiger partial charge >= 0.3 is 0 Å². The Labute approximate surface area is 243 Å². The first-order valence-electron chi connectivity index (χ1n) is 14.0. The van der Waals surface area contributed by atoms with E-state index in [-0.39, 0.29) is 0 Å². The number of hydrogen-bond acceptors (Lipinski definition) is 1. The molecule has 1 nitrogen and oxygen atoms in total. The van der Waals surface area contributed by atoms with Crippen LogP contribution in [-0.4, -0.2) is 0 Å². The van der Waals surface area contributed by atoms with Gasteiger partial charge in [-0.25, -0.2) is 0 Å². The van der Waals surface area contributed by atoms with Crippen molar-refractivity contribution in [3.05, 3.63) is 167 Å². The van der Waals surface area contributed by atoms with E-state index in [1.807, 2.05) is 18.2 Å². The molecule has 0 bridgehead atoms. The van der Waals surface area contributed by atoms with E-state index in [1.165, 1.54) is 44.2 Å². The number of rotatable bonds is 1. The van der Waals surface area contributed by atoms with Gasteiger partial charge in [-0.3, -0.25) is 0 Å². The second-order valence-corrected chi connectivity index (χ2v) is 11.4. The maximum Gasteiger partial charge on any atom is 0.140 e. The molecule has 41 heavy (non-hydrogen) atoms. The summed E-state index contributed by atoms with van der Waals surface area (Å²) >= 11 is 6.46. The number of halogens is 1. The smallest absolute Gasteiger partial charge is 0.140 e. The van der Waals surface area contributed by atoms with E-state index in [2.05, 4.69) is 121 Å². The molecule has 0 aromatic heterocycles. The van der Waals surface area contributed by atoms with Crippen LogP contribution in [0.4, 0.5) is 0 Å². The summed E-state index contributed by atoms with van der Waals surface area (Å²) in [4.78, 5) is 0. The second kappa shape index (κ2) is 8.33. The minimum absolute atomic E-state index is 0.544. The predicted molar refractivity (Wildman–Crippen MR) is 169 cm³/mol. The molecule has 1 aliphatic heterocycles. The largest absolute Gasteiger partial charge is 0.455 e. The second-order valence-electron chi connectivity index (χ2n) is 11.0. The monoisotopic (exact) mass is 542 g/mol. The SMILES string of the molecule is Clc1cccc(-c2ccc3c(c2)C2(c4ccccc4-3)c3ccc4ccccc4c3Oc3c2ccc2ccccc32)c1. The Kier molecular flexibility index (Phi) is 4.66. The topological polar surface area (TPSA) is 9.23 Å². The van der Waals surface area contributed by atoms with Crippen molar-refractivity contribution in [2.45, 2.75) is 5.41 Å². The lowest BCUT2D eigenvalue weighted by atomic mass is 9.65. The number of fused-ring (bicyclic) bond motifs is 13. The first-order valence-corrected chi connectivity index (χ1v) is 14.3. The molecule has 0 amide bonds. The molecule has 1 spiro atoms. The van der Waals surface area contributed by atoms with Crippen LogP contribution >= 0.6 is 11.6 Å². The Morgan fingerprint density at radius 1 is 0.439 bits per heavy atom. The van der Waals surface area contributed by atoms with Crippen molar-refractivity contribution in [3.63, 3.8) is 0 Å². The summed E-state index contributed by atoms with van der Waals surface area (Å²) in [6.07, 6.45) is 0. The summed E-state index contributed by atoms with van der Waals surface area (Å²) in [5.74, 6) is 1.87. The third-order valence-corrected chi connectivity index (χ3v) is 9.21. The molecule has 0 radical (unpaired) electrons. The minimum atomic E-state index is -0.544. The first kappa shape index (κ1) is 22.9. The van der Waals surface area contributed by atoms with E-state index >= 15 is 0 Å². The zero-order valence-electron chi connectivity index (χ0n) is 22.1. The van der Waals surface area contributed by atoms with E-state index in [4.69, 9.17) is 16.3 Å². The number of benzene rings is 7. The van der Waals surface area contributed by atoms with Gasteiger partial charge < -0.3 is 4.74 Å². The van der Waals surface area contributed by atoms with Crippen molar-refractivity contribution in [2.24, 2.45) is 0 Å². The van der Waals surface area contributed by atoms with Crippen LogP contribution in [0.1, 0.15) is 22.3 Å². The van der Waals surface area contributed by atoms with Crippen molar-refractivity contribution in [3.8, 4) is 33.8 Å². The van der Waals surface area contributed by atoms with E-state index in [0.717, 1.165) is 38.4 Å². The highest BCUT2D eigenvalue weighted by Crippen LogP contribution is 2.64. The Morgan fingerprint density at radius 3 is 1.76 bits per heavy atom. The van der Waals surface area contributed by atoms with Crippen LogP contribution in [0.15, 0.2) is 140 Å². The molecule has 2 aliphatic rings. The molecule has 1 heterocycles. The number of hydrogen-bond donors (Lipinski definition) is 0. The van der Waals surface area contributed by atoms with Gasteiger partial charge in [0.05, 0.1) is 5.41 Å². The lowest BCUT2D eigenvalue weighted by Crippen LogP contribution is -2.32. The highest BCUT2D eigenvalue weighted by atomic mass is 35.5. The van der Waals surface area contributed by atoms with Gasteiger partial charge in [0.2, 0.25) is 0 Å². The summed E-state index contributed by atoms with van der Waals surface area (Å²) in [5.41, 5.74) is 9.14. The molecule has 0 unspecified atom stereocenters. The van der Waals surface area contributed by atoms with Crippen LogP contribution in [-0.2, 0) is 5.41 Å². The van der Waals surface area contributed by atoms with Gasteiger partial charge in [0, 0.05) is 26.9 Å². The molecule has 0 atom stereocenters. The average Bonchev–Trinajstić information content (AvgIpc) is 3.31. The maximum atomic E-state index is 7.03. The van der Waals surface area contributed by atoms with Crippen LogP contribution in [0.3, 0.4) is 0 Å². The van der Waals surface area contributed by atoms with Gasteiger partial charge in [0.15, 0.2) is 0 Å². The third kappa shape index (κ3) is 3.02. The lowest BCUT2D eigenvalue weighted by molar-refractivity contribution is 0.447. The summed E-state index contributed by atoms with van der Waals surface area (Å²) < 4.78 is 7.03.